The van der Waals surface area contributed by atoms with Crippen LogP contribution in [0.5, 0.6) is 0 Å². The van der Waals surface area contributed by atoms with Crippen LogP contribution in [0.1, 0.15) is 45.1 Å². The van der Waals surface area contributed by atoms with Gasteiger partial charge < -0.3 is 10.5 Å². The fraction of sp³-hybridized carbons (Fsp3) is 0.600. The summed E-state index contributed by atoms with van der Waals surface area (Å²) in [5.41, 5.74) is 7.74. The van der Waals surface area contributed by atoms with E-state index < -0.39 is 0 Å². The van der Waals surface area contributed by atoms with E-state index in [4.69, 9.17) is 10.5 Å². The van der Waals surface area contributed by atoms with Crippen LogP contribution in [0.25, 0.3) is 0 Å². The minimum absolute atomic E-state index is 0.633. The van der Waals surface area contributed by atoms with E-state index in [0.29, 0.717) is 12.5 Å². The Balaban J connectivity index is 2.38. The maximum Gasteiger partial charge on any atom is 0.0728 e. The third-order valence-corrected chi connectivity index (χ3v) is 4.23. The molecule has 0 aliphatic heterocycles. The molecule has 0 fully saturated rings. The summed E-state index contributed by atoms with van der Waals surface area (Å²) in [5, 5.41) is 0. The molecule has 0 aromatic heterocycles. The van der Waals surface area contributed by atoms with E-state index in [0.717, 1.165) is 22.3 Å². The summed E-state index contributed by atoms with van der Waals surface area (Å²) < 4.78 is 6.78. The Bertz CT molecular complexity index is 354. The Morgan fingerprint density at radius 1 is 1.33 bits per heavy atom. The van der Waals surface area contributed by atoms with Crippen molar-refractivity contribution in [2.45, 2.75) is 46.1 Å². The average molecular weight is 314 g/mol. The molecule has 2 nitrogen and oxygen atoms in total. The van der Waals surface area contributed by atoms with Crippen molar-refractivity contribution in [3.05, 3.63) is 28.2 Å². The summed E-state index contributed by atoms with van der Waals surface area (Å²) >= 11 is 3.50. The van der Waals surface area contributed by atoms with Crippen molar-refractivity contribution in [2.75, 3.05) is 12.3 Å². The second-order valence-corrected chi connectivity index (χ2v) is 5.54. The molecule has 1 aromatic carbocycles. The van der Waals surface area contributed by atoms with Crippen LogP contribution in [-0.2, 0) is 11.3 Å². The van der Waals surface area contributed by atoms with Crippen molar-refractivity contribution in [2.24, 2.45) is 5.92 Å². The fourth-order valence-electron chi connectivity index (χ4n) is 1.94. The first-order chi connectivity index (χ1) is 8.69. The van der Waals surface area contributed by atoms with Gasteiger partial charge in [-0.05, 0) is 39.9 Å². The van der Waals surface area contributed by atoms with Crippen molar-refractivity contribution in [3.63, 3.8) is 0 Å². The normalized spacial score (nSPS) is 12.6. The highest BCUT2D eigenvalue weighted by molar-refractivity contribution is 9.10. The molecule has 0 bridgehead atoms. The van der Waals surface area contributed by atoms with Crippen LogP contribution in [0.3, 0.4) is 0 Å². The molecule has 0 saturated carbocycles. The maximum atomic E-state index is 5.84. The Morgan fingerprint density at radius 3 is 2.78 bits per heavy atom. The van der Waals surface area contributed by atoms with Crippen LogP contribution in [0.2, 0.25) is 0 Å². The topological polar surface area (TPSA) is 35.2 Å². The molecule has 1 rings (SSSR count). The van der Waals surface area contributed by atoms with Crippen LogP contribution in [-0.4, -0.2) is 6.61 Å². The Labute approximate surface area is 119 Å². The zero-order valence-corrected chi connectivity index (χ0v) is 13.0. The zero-order chi connectivity index (χ0) is 13.4. The summed E-state index contributed by atoms with van der Waals surface area (Å²) in [7, 11) is 0. The second kappa shape index (κ2) is 8.54. The molecule has 18 heavy (non-hydrogen) atoms. The van der Waals surface area contributed by atoms with Gasteiger partial charge in [-0.2, -0.15) is 0 Å². The second-order valence-electron chi connectivity index (χ2n) is 4.75. The first-order valence-electron chi connectivity index (χ1n) is 6.79. The molecule has 102 valence electrons. The van der Waals surface area contributed by atoms with Crippen molar-refractivity contribution < 1.29 is 4.74 Å². The Morgan fingerprint density at radius 2 is 2.11 bits per heavy atom. The molecule has 0 radical (unpaired) electrons. The zero-order valence-electron chi connectivity index (χ0n) is 11.4. The van der Waals surface area contributed by atoms with E-state index in [1.54, 1.807) is 0 Å². The smallest absolute Gasteiger partial charge is 0.0728 e. The monoisotopic (exact) mass is 313 g/mol. The summed E-state index contributed by atoms with van der Waals surface area (Å²) in [6.45, 7) is 5.95. The van der Waals surface area contributed by atoms with Gasteiger partial charge in [-0.25, -0.2) is 0 Å². The summed E-state index contributed by atoms with van der Waals surface area (Å²) in [6.07, 6.45) is 5.02. The SMILES string of the molecule is CCCCC(CC)COCc1cccc(N)c1Br. The fourth-order valence-corrected chi connectivity index (χ4v) is 2.32. The molecular weight excluding hydrogens is 290 g/mol. The molecule has 0 aliphatic carbocycles. The minimum Gasteiger partial charge on any atom is -0.398 e. The number of benzene rings is 1. The molecule has 2 N–H and O–H groups in total. The number of ether oxygens (including phenoxy) is 1. The number of unbranched alkanes of at least 4 members (excludes halogenated alkanes) is 1. The lowest BCUT2D eigenvalue weighted by atomic mass is 10.0. The van der Waals surface area contributed by atoms with E-state index >= 15 is 0 Å². The number of nitrogen functional groups attached to an aromatic ring is 1. The molecule has 1 aromatic rings. The third-order valence-electron chi connectivity index (χ3n) is 3.26. The predicted octanol–water partition coefficient (Wildman–Crippen LogP) is 4.76. The van der Waals surface area contributed by atoms with Crippen molar-refractivity contribution in [1.82, 2.24) is 0 Å². The lowest BCUT2D eigenvalue weighted by molar-refractivity contribution is 0.0817. The highest BCUT2D eigenvalue weighted by Gasteiger charge is 2.07. The van der Waals surface area contributed by atoms with Gasteiger partial charge in [-0.1, -0.05) is 45.2 Å². The molecule has 1 unspecified atom stereocenters. The molecule has 0 saturated heterocycles. The minimum atomic E-state index is 0.633. The van der Waals surface area contributed by atoms with E-state index in [1.165, 1.54) is 25.7 Å². The van der Waals surface area contributed by atoms with Gasteiger partial charge in [0.25, 0.3) is 0 Å². The molecule has 1 atom stereocenters. The lowest BCUT2D eigenvalue weighted by Crippen LogP contribution is -2.09. The Hall–Kier alpha value is -0.540. The van der Waals surface area contributed by atoms with Gasteiger partial charge in [-0.15, -0.1) is 0 Å². The van der Waals surface area contributed by atoms with Gasteiger partial charge in [0.15, 0.2) is 0 Å². The largest absolute Gasteiger partial charge is 0.398 e. The highest BCUT2D eigenvalue weighted by Crippen LogP contribution is 2.24. The number of hydrogen-bond donors (Lipinski definition) is 1. The van der Waals surface area contributed by atoms with Crippen LogP contribution >= 0.6 is 15.9 Å². The number of anilines is 1. The average Bonchev–Trinajstić information content (AvgIpc) is 2.38. The van der Waals surface area contributed by atoms with Gasteiger partial charge in [0, 0.05) is 16.8 Å². The van der Waals surface area contributed by atoms with Crippen molar-refractivity contribution >= 4 is 21.6 Å². The summed E-state index contributed by atoms with van der Waals surface area (Å²) in [4.78, 5) is 0. The van der Waals surface area contributed by atoms with Crippen LogP contribution in [0.4, 0.5) is 5.69 Å². The van der Waals surface area contributed by atoms with Crippen molar-refractivity contribution in [1.29, 1.82) is 0 Å². The van der Waals surface area contributed by atoms with Gasteiger partial charge in [0.05, 0.1) is 6.61 Å². The van der Waals surface area contributed by atoms with Gasteiger partial charge in [0.2, 0.25) is 0 Å². The van der Waals surface area contributed by atoms with Gasteiger partial charge in [0.1, 0.15) is 0 Å². The van der Waals surface area contributed by atoms with Crippen LogP contribution in [0, 0.1) is 5.92 Å². The number of rotatable bonds is 8. The number of halogens is 1. The van der Waals surface area contributed by atoms with E-state index in [-0.39, 0.29) is 0 Å². The van der Waals surface area contributed by atoms with E-state index in [2.05, 4.69) is 29.8 Å². The number of hydrogen-bond acceptors (Lipinski definition) is 2. The number of nitrogens with two attached hydrogens (primary N) is 1. The molecule has 0 heterocycles. The Kier molecular flexibility index (Phi) is 7.36. The van der Waals surface area contributed by atoms with Gasteiger partial charge in [-0.3, -0.25) is 0 Å². The highest BCUT2D eigenvalue weighted by atomic mass is 79.9. The summed E-state index contributed by atoms with van der Waals surface area (Å²) in [5.74, 6) is 0.685. The van der Waals surface area contributed by atoms with Crippen LogP contribution < -0.4 is 5.73 Å². The van der Waals surface area contributed by atoms with E-state index in [9.17, 15) is 0 Å². The standard InChI is InChI=1S/C15H24BrNO/c1-3-5-7-12(4-2)10-18-11-13-8-6-9-14(17)15(13)16/h6,8-9,12H,3-5,7,10-11,17H2,1-2H3. The van der Waals surface area contributed by atoms with Crippen LogP contribution in [0.15, 0.2) is 22.7 Å². The first kappa shape index (κ1) is 15.5. The predicted molar refractivity (Wildman–Crippen MR) is 81.5 cm³/mol. The third kappa shape index (κ3) is 4.99. The first-order valence-corrected chi connectivity index (χ1v) is 7.58. The maximum absolute atomic E-state index is 5.84. The quantitative estimate of drug-likeness (QED) is 0.702. The molecule has 3 heteroatoms. The molecule has 0 spiro atoms. The van der Waals surface area contributed by atoms with Gasteiger partial charge >= 0.3 is 0 Å². The van der Waals surface area contributed by atoms with E-state index in [1.807, 2.05) is 18.2 Å². The lowest BCUT2D eigenvalue weighted by Gasteiger charge is -2.15. The molecule has 0 amide bonds. The summed E-state index contributed by atoms with van der Waals surface area (Å²) in [6, 6.07) is 5.91. The molecular formula is C15H24BrNO. The molecule has 0 aliphatic rings. The van der Waals surface area contributed by atoms with Crippen molar-refractivity contribution in [3.8, 4) is 0 Å².